The van der Waals surface area contributed by atoms with Crippen molar-refractivity contribution in [3.63, 3.8) is 0 Å². The number of carbonyl (C=O) groups is 2. The topological polar surface area (TPSA) is 68.3 Å². The minimum Gasteiger partial charge on any atom is -0.449 e. The van der Waals surface area contributed by atoms with Crippen LogP contribution >= 0.6 is 0 Å². The van der Waals surface area contributed by atoms with E-state index >= 15 is 0 Å². The van der Waals surface area contributed by atoms with Crippen molar-refractivity contribution in [2.45, 2.75) is 71.7 Å². The Morgan fingerprint density at radius 2 is 1.58 bits per heavy atom. The van der Waals surface area contributed by atoms with Gasteiger partial charge in [0, 0.05) is 13.1 Å². The summed E-state index contributed by atoms with van der Waals surface area (Å²) in [5, 5.41) is 0. The number of carbonyl (C=O) groups excluding carboxylic acids is 2. The number of hydrogen-bond acceptors (Lipinski definition) is 5. The highest BCUT2D eigenvalue weighted by molar-refractivity contribution is 5.68. The quantitative estimate of drug-likeness (QED) is 0.763. The minimum atomic E-state index is -0.462. The second-order valence-corrected chi connectivity index (χ2v) is 8.48. The van der Waals surface area contributed by atoms with Crippen LogP contribution in [-0.2, 0) is 14.2 Å². The molecule has 0 spiro atoms. The van der Waals surface area contributed by atoms with E-state index in [2.05, 4.69) is 0 Å². The molecule has 0 saturated carbocycles. The summed E-state index contributed by atoms with van der Waals surface area (Å²) < 4.78 is 16.5. The number of morpholine rings is 1. The molecule has 0 bridgehead atoms. The SMILES string of the molecule is CC1CN(C(=O)OCCC2CCN(C(=O)OC(C)(C)C)CC2)CC(C)O1. The molecule has 0 aliphatic carbocycles. The summed E-state index contributed by atoms with van der Waals surface area (Å²) in [6.07, 6.45) is 2.27. The Labute approximate surface area is 156 Å². The molecular formula is C19H34N2O5. The van der Waals surface area contributed by atoms with Gasteiger partial charge in [-0.3, -0.25) is 0 Å². The summed E-state index contributed by atoms with van der Waals surface area (Å²) >= 11 is 0. The lowest BCUT2D eigenvalue weighted by Gasteiger charge is -2.35. The number of hydrogen-bond donors (Lipinski definition) is 0. The molecule has 2 heterocycles. The van der Waals surface area contributed by atoms with Crippen molar-refractivity contribution in [3.8, 4) is 0 Å². The molecule has 150 valence electrons. The summed E-state index contributed by atoms with van der Waals surface area (Å²) in [6, 6.07) is 0. The fourth-order valence-corrected chi connectivity index (χ4v) is 3.46. The minimum absolute atomic E-state index is 0.0449. The van der Waals surface area contributed by atoms with E-state index < -0.39 is 5.60 Å². The summed E-state index contributed by atoms with van der Waals surface area (Å²) in [4.78, 5) is 27.7. The van der Waals surface area contributed by atoms with Crippen LogP contribution in [-0.4, -0.2) is 72.6 Å². The molecule has 0 aromatic carbocycles. The number of likely N-dealkylation sites (tertiary alicyclic amines) is 1. The zero-order valence-electron chi connectivity index (χ0n) is 16.8. The summed E-state index contributed by atoms with van der Waals surface area (Å²) in [7, 11) is 0. The smallest absolute Gasteiger partial charge is 0.410 e. The van der Waals surface area contributed by atoms with E-state index in [1.165, 1.54) is 0 Å². The zero-order chi connectivity index (χ0) is 19.3. The zero-order valence-corrected chi connectivity index (χ0v) is 16.8. The summed E-state index contributed by atoms with van der Waals surface area (Å²) in [5.41, 5.74) is -0.462. The predicted octanol–water partition coefficient (Wildman–Crippen LogP) is 3.27. The maximum atomic E-state index is 12.2. The van der Waals surface area contributed by atoms with Gasteiger partial charge in [-0.1, -0.05) is 0 Å². The van der Waals surface area contributed by atoms with Crippen LogP contribution in [0.5, 0.6) is 0 Å². The first-order valence-corrected chi connectivity index (χ1v) is 9.69. The van der Waals surface area contributed by atoms with Crippen LogP contribution in [0.25, 0.3) is 0 Å². The van der Waals surface area contributed by atoms with E-state index in [-0.39, 0.29) is 24.4 Å². The third kappa shape index (κ3) is 6.67. The highest BCUT2D eigenvalue weighted by atomic mass is 16.6. The maximum absolute atomic E-state index is 12.2. The van der Waals surface area contributed by atoms with Crippen molar-refractivity contribution in [1.82, 2.24) is 9.80 Å². The van der Waals surface area contributed by atoms with E-state index in [4.69, 9.17) is 14.2 Å². The lowest BCUT2D eigenvalue weighted by atomic mass is 9.94. The number of rotatable bonds is 3. The molecule has 2 aliphatic rings. The highest BCUT2D eigenvalue weighted by Gasteiger charge is 2.28. The second-order valence-electron chi connectivity index (χ2n) is 8.48. The largest absolute Gasteiger partial charge is 0.449 e. The number of piperidine rings is 1. The van der Waals surface area contributed by atoms with Crippen LogP contribution in [0.4, 0.5) is 9.59 Å². The van der Waals surface area contributed by atoms with Crippen LogP contribution in [0.1, 0.15) is 53.9 Å². The molecule has 7 heteroatoms. The highest BCUT2D eigenvalue weighted by Crippen LogP contribution is 2.22. The van der Waals surface area contributed by atoms with E-state index in [1.54, 1.807) is 9.80 Å². The molecule has 2 rings (SSSR count). The average Bonchev–Trinajstić information content (AvgIpc) is 2.52. The van der Waals surface area contributed by atoms with Gasteiger partial charge in [0.25, 0.3) is 0 Å². The van der Waals surface area contributed by atoms with Gasteiger partial charge in [0.15, 0.2) is 0 Å². The molecule has 2 amide bonds. The van der Waals surface area contributed by atoms with Gasteiger partial charge >= 0.3 is 12.2 Å². The van der Waals surface area contributed by atoms with Crippen LogP contribution < -0.4 is 0 Å². The van der Waals surface area contributed by atoms with Gasteiger partial charge in [0.1, 0.15) is 5.60 Å². The van der Waals surface area contributed by atoms with E-state index in [9.17, 15) is 9.59 Å². The first-order chi connectivity index (χ1) is 12.1. The Bertz CT molecular complexity index is 473. The molecular weight excluding hydrogens is 336 g/mol. The first-order valence-electron chi connectivity index (χ1n) is 9.69. The van der Waals surface area contributed by atoms with E-state index in [1.807, 2.05) is 34.6 Å². The molecule has 2 atom stereocenters. The first kappa shape index (κ1) is 20.8. The molecule has 0 aromatic heterocycles. The Morgan fingerprint density at radius 1 is 1.00 bits per heavy atom. The number of ether oxygens (including phenoxy) is 3. The molecule has 2 unspecified atom stereocenters. The van der Waals surface area contributed by atoms with Gasteiger partial charge in [0.05, 0.1) is 31.9 Å². The van der Waals surface area contributed by atoms with E-state index in [0.717, 1.165) is 19.3 Å². The maximum Gasteiger partial charge on any atom is 0.410 e. The Kier molecular flexibility index (Phi) is 7.15. The standard InChI is InChI=1S/C19H34N2O5/c1-14-12-21(13-15(2)25-14)17(22)24-11-8-16-6-9-20(10-7-16)18(23)26-19(3,4)5/h14-16H,6-13H2,1-5H3. The summed E-state index contributed by atoms with van der Waals surface area (Å²) in [5.74, 6) is 0.476. The van der Waals surface area contributed by atoms with Crippen molar-refractivity contribution in [2.24, 2.45) is 5.92 Å². The average molecular weight is 370 g/mol. The number of nitrogens with zero attached hydrogens (tertiary/aromatic N) is 2. The number of amides is 2. The van der Waals surface area contributed by atoms with Gasteiger partial charge in [-0.25, -0.2) is 9.59 Å². The fraction of sp³-hybridized carbons (Fsp3) is 0.895. The Hall–Kier alpha value is -1.50. The van der Waals surface area contributed by atoms with Crippen molar-refractivity contribution < 1.29 is 23.8 Å². The normalized spacial score (nSPS) is 25.1. The molecule has 7 nitrogen and oxygen atoms in total. The molecule has 0 aromatic rings. The van der Waals surface area contributed by atoms with Crippen molar-refractivity contribution in [1.29, 1.82) is 0 Å². The lowest BCUT2D eigenvalue weighted by Crippen LogP contribution is -2.48. The van der Waals surface area contributed by atoms with Crippen molar-refractivity contribution in [2.75, 3.05) is 32.8 Å². The van der Waals surface area contributed by atoms with Crippen LogP contribution in [0, 0.1) is 5.92 Å². The van der Waals surface area contributed by atoms with Gasteiger partial charge < -0.3 is 24.0 Å². The van der Waals surface area contributed by atoms with Crippen molar-refractivity contribution >= 4 is 12.2 Å². The van der Waals surface area contributed by atoms with Crippen LogP contribution in [0.2, 0.25) is 0 Å². The molecule has 26 heavy (non-hydrogen) atoms. The predicted molar refractivity (Wildman–Crippen MR) is 98.1 cm³/mol. The van der Waals surface area contributed by atoms with Gasteiger partial charge in [-0.2, -0.15) is 0 Å². The third-order valence-electron chi connectivity index (χ3n) is 4.70. The van der Waals surface area contributed by atoms with E-state index in [0.29, 0.717) is 38.7 Å². The molecule has 2 aliphatic heterocycles. The Balaban J connectivity index is 1.64. The Morgan fingerprint density at radius 3 is 2.12 bits per heavy atom. The second kappa shape index (κ2) is 8.93. The van der Waals surface area contributed by atoms with Crippen LogP contribution in [0.3, 0.4) is 0 Å². The third-order valence-corrected chi connectivity index (χ3v) is 4.70. The van der Waals surface area contributed by atoms with Crippen LogP contribution in [0.15, 0.2) is 0 Å². The summed E-state index contributed by atoms with van der Waals surface area (Å²) in [6.45, 7) is 12.6. The molecule has 2 saturated heterocycles. The van der Waals surface area contributed by atoms with Gasteiger partial charge in [-0.05, 0) is 59.8 Å². The monoisotopic (exact) mass is 370 g/mol. The molecule has 0 radical (unpaired) electrons. The molecule has 2 fully saturated rings. The molecule has 0 N–H and O–H groups in total. The van der Waals surface area contributed by atoms with Crippen molar-refractivity contribution in [3.05, 3.63) is 0 Å². The van der Waals surface area contributed by atoms with Gasteiger partial charge in [0.2, 0.25) is 0 Å². The fourth-order valence-electron chi connectivity index (χ4n) is 3.46. The lowest BCUT2D eigenvalue weighted by molar-refractivity contribution is -0.0641. The van der Waals surface area contributed by atoms with Gasteiger partial charge in [-0.15, -0.1) is 0 Å².